The lowest BCUT2D eigenvalue weighted by atomic mass is 9.95. The Morgan fingerprint density at radius 3 is 2.65 bits per heavy atom. The van der Waals surface area contributed by atoms with Crippen LogP contribution in [0.2, 0.25) is 0 Å². The number of hydrogen-bond acceptors (Lipinski definition) is 4. The highest BCUT2D eigenvalue weighted by Gasteiger charge is 2.30. The maximum absolute atomic E-state index is 12.6. The molecule has 5 heteroatoms. The van der Waals surface area contributed by atoms with Gasteiger partial charge in [0.2, 0.25) is 5.91 Å². The number of carbonyl (C=O) groups is 1. The zero-order chi connectivity index (χ0) is 16.2. The molecule has 0 bridgehead atoms. The van der Waals surface area contributed by atoms with Crippen LogP contribution in [0, 0.1) is 12.8 Å². The molecule has 0 N–H and O–H groups in total. The van der Waals surface area contributed by atoms with Gasteiger partial charge in [0.05, 0.1) is 12.1 Å². The molecule has 126 valence electrons. The first-order valence-corrected chi connectivity index (χ1v) is 8.68. The third kappa shape index (κ3) is 4.22. The second-order valence-corrected chi connectivity index (χ2v) is 6.88. The fourth-order valence-electron chi connectivity index (χ4n) is 3.54. The highest BCUT2D eigenvalue weighted by atomic mass is 16.5. The summed E-state index contributed by atoms with van der Waals surface area (Å²) in [6.07, 6.45) is 5.95. The fourth-order valence-corrected chi connectivity index (χ4v) is 3.54. The Bertz CT molecular complexity index is 524. The molecular weight excluding hydrogens is 290 g/mol. The minimum absolute atomic E-state index is 0.188. The van der Waals surface area contributed by atoms with Crippen LogP contribution in [0.3, 0.4) is 0 Å². The van der Waals surface area contributed by atoms with Crippen LogP contribution in [0.1, 0.15) is 31.4 Å². The van der Waals surface area contributed by atoms with Crippen molar-refractivity contribution in [3.63, 3.8) is 0 Å². The quantitative estimate of drug-likeness (QED) is 0.856. The SMILES string of the molecule is Cc1ccc(OC2CCN(C(=O)C3CCCN(C)C3)CC2)cn1. The lowest BCUT2D eigenvalue weighted by Crippen LogP contribution is -2.47. The average molecular weight is 317 g/mol. The zero-order valence-electron chi connectivity index (χ0n) is 14.2. The highest BCUT2D eigenvalue weighted by molar-refractivity contribution is 5.79. The molecule has 0 saturated carbocycles. The monoisotopic (exact) mass is 317 g/mol. The Morgan fingerprint density at radius 2 is 2.00 bits per heavy atom. The molecule has 1 unspecified atom stereocenters. The van der Waals surface area contributed by atoms with Crippen molar-refractivity contribution >= 4 is 5.91 Å². The van der Waals surface area contributed by atoms with Gasteiger partial charge in [-0.3, -0.25) is 9.78 Å². The Labute approximate surface area is 138 Å². The number of ether oxygens (including phenoxy) is 1. The van der Waals surface area contributed by atoms with E-state index in [-0.39, 0.29) is 12.0 Å². The maximum Gasteiger partial charge on any atom is 0.226 e. The number of piperidine rings is 2. The van der Waals surface area contributed by atoms with Crippen LogP contribution >= 0.6 is 0 Å². The van der Waals surface area contributed by atoms with Crippen LogP contribution in [-0.2, 0) is 4.79 Å². The van der Waals surface area contributed by atoms with Crippen LogP contribution in [-0.4, -0.2) is 60.0 Å². The second kappa shape index (κ2) is 7.30. The van der Waals surface area contributed by atoms with Gasteiger partial charge in [-0.15, -0.1) is 0 Å². The summed E-state index contributed by atoms with van der Waals surface area (Å²) in [6, 6.07) is 3.94. The minimum Gasteiger partial charge on any atom is -0.489 e. The van der Waals surface area contributed by atoms with Crippen LogP contribution < -0.4 is 4.74 Å². The van der Waals surface area contributed by atoms with E-state index in [2.05, 4.69) is 16.9 Å². The maximum atomic E-state index is 12.6. The summed E-state index contributed by atoms with van der Waals surface area (Å²) < 4.78 is 5.99. The lowest BCUT2D eigenvalue weighted by molar-refractivity contribution is -0.139. The summed E-state index contributed by atoms with van der Waals surface area (Å²) in [5.74, 6) is 1.36. The number of aryl methyl sites for hydroxylation is 1. The predicted octanol–water partition coefficient (Wildman–Crippen LogP) is 2.10. The molecule has 3 heterocycles. The summed E-state index contributed by atoms with van der Waals surface area (Å²) in [5.41, 5.74) is 0.996. The number of nitrogens with zero attached hydrogens (tertiary/aromatic N) is 3. The molecule has 1 atom stereocenters. The molecular formula is C18H27N3O2. The number of rotatable bonds is 3. The topological polar surface area (TPSA) is 45.7 Å². The van der Waals surface area contributed by atoms with E-state index in [1.165, 1.54) is 0 Å². The van der Waals surface area contributed by atoms with Gasteiger partial charge >= 0.3 is 0 Å². The molecule has 5 nitrogen and oxygen atoms in total. The molecule has 3 rings (SSSR count). The highest BCUT2D eigenvalue weighted by Crippen LogP contribution is 2.22. The fraction of sp³-hybridized carbons (Fsp3) is 0.667. The normalized spacial score (nSPS) is 23.7. The van der Waals surface area contributed by atoms with Gasteiger partial charge in [-0.25, -0.2) is 0 Å². The third-order valence-electron chi connectivity index (χ3n) is 4.91. The average Bonchev–Trinajstić information content (AvgIpc) is 2.57. The largest absolute Gasteiger partial charge is 0.489 e. The molecule has 0 aromatic carbocycles. The van der Waals surface area contributed by atoms with Crippen LogP contribution in [0.15, 0.2) is 18.3 Å². The van der Waals surface area contributed by atoms with Gasteiger partial charge in [-0.2, -0.15) is 0 Å². The summed E-state index contributed by atoms with van der Waals surface area (Å²) in [4.78, 5) is 21.2. The van der Waals surface area contributed by atoms with E-state index in [1.807, 2.05) is 24.0 Å². The van der Waals surface area contributed by atoms with Crippen LogP contribution in [0.5, 0.6) is 5.75 Å². The standard InChI is InChI=1S/C18H27N3O2/c1-14-5-6-17(12-19-14)23-16-7-10-21(11-8-16)18(22)15-4-3-9-20(2)13-15/h5-6,12,15-16H,3-4,7-11,13H2,1-2H3. The van der Waals surface area contributed by atoms with E-state index in [9.17, 15) is 4.79 Å². The molecule has 1 aromatic heterocycles. The summed E-state index contributed by atoms with van der Waals surface area (Å²) in [5, 5.41) is 0. The number of hydrogen-bond donors (Lipinski definition) is 0. The second-order valence-electron chi connectivity index (χ2n) is 6.88. The van der Waals surface area contributed by atoms with Crippen molar-refractivity contribution in [2.45, 2.75) is 38.7 Å². The van der Waals surface area contributed by atoms with Gasteiger partial charge in [-0.05, 0) is 45.5 Å². The van der Waals surface area contributed by atoms with E-state index in [1.54, 1.807) is 6.20 Å². The third-order valence-corrected chi connectivity index (χ3v) is 4.91. The Morgan fingerprint density at radius 1 is 1.22 bits per heavy atom. The Hall–Kier alpha value is -1.62. The van der Waals surface area contributed by atoms with E-state index < -0.39 is 0 Å². The Kier molecular flexibility index (Phi) is 5.16. The van der Waals surface area contributed by atoms with Crippen molar-refractivity contribution in [3.8, 4) is 5.75 Å². The molecule has 1 aromatic rings. The van der Waals surface area contributed by atoms with Gasteiger partial charge in [0.25, 0.3) is 0 Å². The van der Waals surface area contributed by atoms with Crippen LogP contribution in [0.4, 0.5) is 0 Å². The number of aromatic nitrogens is 1. The predicted molar refractivity (Wildman–Crippen MR) is 89.4 cm³/mol. The van der Waals surface area contributed by atoms with Crippen molar-refractivity contribution in [1.82, 2.24) is 14.8 Å². The first kappa shape index (κ1) is 16.2. The molecule has 0 spiro atoms. The van der Waals surface area contributed by atoms with E-state index in [4.69, 9.17) is 4.74 Å². The van der Waals surface area contributed by atoms with Gasteiger partial charge in [0, 0.05) is 38.2 Å². The van der Waals surface area contributed by atoms with Crippen molar-refractivity contribution in [3.05, 3.63) is 24.0 Å². The Balaban J connectivity index is 1.48. The van der Waals surface area contributed by atoms with E-state index in [0.717, 1.165) is 63.3 Å². The first-order valence-electron chi connectivity index (χ1n) is 8.68. The minimum atomic E-state index is 0.188. The van der Waals surface area contributed by atoms with Crippen molar-refractivity contribution < 1.29 is 9.53 Å². The number of carbonyl (C=O) groups excluding carboxylic acids is 1. The lowest BCUT2D eigenvalue weighted by Gasteiger charge is -2.36. The molecule has 1 amide bonds. The van der Waals surface area contributed by atoms with Crippen molar-refractivity contribution in [2.75, 3.05) is 33.2 Å². The number of amides is 1. The van der Waals surface area contributed by atoms with E-state index >= 15 is 0 Å². The molecule has 2 aliphatic heterocycles. The van der Waals surface area contributed by atoms with Gasteiger partial charge in [-0.1, -0.05) is 0 Å². The van der Waals surface area contributed by atoms with Gasteiger partial charge < -0.3 is 14.5 Å². The van der Waals surface area contributed by atoms with Gasteiger partial charge in [0.15, 0.2) is 0 Å². The molecule has 2 aliphatic rings. The van der Waals surface area contributed by atoms with Crippen LogP contribution in [0.25, 0.3) is 0 Å². The van der Waals surface area contributed by atoms with Crippen molar-refractivity contribution in [1.29, 1.82) is 0 Å². The zero-order valence-corrected chi connectivity index (χ0v) is 14.2. The summed E-state index contributed by atoms with van der Waals surface area (Å²) in [6.45, 7) is 5.61. The molecule has 23 heavy (non-hydrogen) atoms. The molecule has 0 radical (unpaired) electrons. The van der Waals surface area contributed by atoms with Crippen molar-refractivity contribution in [2.24, 2.45) is 5.92 Å². The van der Waals surface area contributed by atoms with E-state index in [0.29, 0.717) is 5.91 Å². The molecule has 0 aliphatic carbocycles. The first-order chi connectivity index (χ1) is 11.1. The smallest absolute Gasteiger partial charge is 0.226 e. The number of likely N-dealkylation sites (tertiary alicyclic amines) is 2. The summed E-state index contributed by atoms with van der Waals surface area (Å²) in [7, 11) is 2.11. The number of pyridine rings is 1. The molecule has 2 fully saturated rings. The van der Waals surface area contributed by atoms with Gasteiger partial charge in [0.1, 0.15) is 11.9 Å². The summed E-state index contributed by atoms with van der Waals surface area (Å²) >= 11 is 0. The molecule has 2 saturated heterocycles.